The van der Waals surface area contributed by atoms with Gasteiger partial charge in [-0.2, -0.15) is 0 Å². The third kappa shape index (κ3) is 7.21. The summed E-state index contributed by atoms with van der Waals surface area (Å²) in [6.45, 7) is 4.17. The van der Waals surface area contributed by atoms with E-state index >= 15 is 0 Å². The van der Waals surface area contributed by atoms with Crippen LogP contribution in [0.15, 0.2) is 30.4 Å². The van der Waals surface area contributed by atoms with Gasteiger partial charge in [-0.1, -0.05) is 26.0 Å². The first-order valence-corrected chi connectivity index (χ1v) is 11.7. The molecule has 1 aromatic carbocycles. The molecular formula is C25H34F2O7. The second kappa shape index (κ2) is 12.1. The lowest BCUT2D eigenvalue weighted by Gasteiger charge is -2.22. The Kier molecular flexibility index (Phi) is 9.41. The number of hydrogen-bond donors (Lipinski definition) is 3. The van der Waals surface area contributed by atoms with Gasteiger partial charge in [0.1, 0.15) is 30.1 Å². The average molecular weight is 485 g/mol. The number of carboxylic acids is 1. The molecule has 0 spiro atoms. The first-order valence-electron chi connectivity index (χ1n) is 11.7. The van der Waals surface area contributed by atoms with E-state index in [1.54, 1.807) is 19.9 Å². The number of carbonyl (C=O) groups is 1. The highest BCUT2D eigenvalue weighted by molar-refractivity contribution is 5.72. The van der Waals surface area contributed by atoms with Gasteiger partial charge >= 0.3 is 5.97 Å². The molecule has 7 atom stereocenters. The van der Waals surface area contributed by atoms with Crippen molar-refractivity contribution in [2.24, 2.45) is 23.7 Å². The van der Waals surface area contributed by atoms with Crippen molar-refractivity contribution in [2.75, 3.05) is 19.8 Å². The molecule has 1 unspecified atom stereocenters. The molecule has 2 aliphatic rings. The number of halogens is 2. The maximum Gasteiger partial charge on any atom is 0.333 e. The van der Waals surface area contributed by atoms with Crippen molar-refractivity contribution in [1.82, 2.24) is 0 Å². The van der Waals surface area contributed by atoms with Crippen LogP contribution in [0.2, 0.25) is 0 Å². The summed E-state index contributed by atoms with van der Waals surface area (Å²) in [5.74, 6) is -2.74. The Labute approximate surface area is 198 Å². The molecule has 0 amide bonds. The van der Waals surface area contributed by atoms with Crippen molar-refractivity contribution < 1.29 is 43.1 Å². The van der Waals surface area contributed by atoms with E-state index in [4.69, 9.17) is 14.2 Å². The van der Waals surface area contributed by atoms with Crippen molar-refractivity contribution in [3.05, 3.63) is 42.0 Å². The van der Waals surface area contributed by atoms with Crippen molar-refractivity contribution in [3.63, 3.8) is 0 Å². The molecule has 1 saturated heterocycles. The summed E-state index contributed by atoms with van der Waals surface area (Å²) in [7, 11) is 0. The molecule has 0 aromatic heterocycles. The van der Waals surface area contributed by atoms with Gasteiger partial charge in [-0.3, -0.25) is 0 Å². The van der Waals surface area contributed by atoms with Gasteiger partial charge in [0.15, 0.2) is 6.10 Å². The van der Waals surface area contributed by atoms with E-state index in [9.17, 15) is 28.9 Å². The molecule has 3 rings (SSSR count). The number of aliphatic hydroxyl groups is 2. The first kappa shape index (κ1) is 26.5. The maximum absolute atomic E-state index is 13.3. The number of ether oxygens (including phenoxy) is 3. The summed E-state index contributed by atoms with van der Waals surface area (Å²) in [5.41, 5.74) is 0. The highest BCUT2D eigenvalue weighted by atomic mass is 19.1. The van der Waals surface area contributed by atoms with Crippen molar-refractivity contribution >= 4 is 5.97 Å². The van der Waals surface area contributed by atoms with Crippen molar-refractivity contribution in [2.45, 2.75) is 57.5 Å². The number of hydrogen-bond acceptors (Lipinski definition) is 6. The second-order valence-corrected chi connectivity index (χ2v) is 9.56. The van der Waals surface area contributed by atoms with Crippen LogP contribution < -0.4 is 4.74 Å². The van der Waals surface area contributed by atoms with Gasteiger partial charge in [0.05, 0.1) is 25.4 Å². The molecule has 34 heavy (non-hydrogen) atoms. The topological polar surface area (TPSA) is 105 Å². The van der Waals surface area contributed by atoms with Crippen LogP contribution in [0.1, 0.15) is 33.1 Å². The van der Waals surface area contributed by atoms with Crippen LogP contribution in [-0.4, -0.2) is 65.5 Å². The average Bonchev–Trinajstić information content (AvgIpc) is 2.91. The van der Waals surface area contributed by atoms with Crippen LogP contribution in [-0.2, 0) is 14.3 Å². The number of benzene rings is 1. The molecule has 0 bridgehead atoms. The lowest BCUT2D eigenvalue weighted by atomic mass is 9.87. The van der Waals surface area contributed by atoms with Crippen molar-refractivity contribution in [1.29, 1.82) is 0 Å². The molecular weight excluding hydrogens is 450 g/mol. The Morgan fingerprint density at radius 3 is 2.59 bits per heavy atom. The molecule has 1 aliphatic heterocycles. The summed E-state index contributed by atoms with van der Waals surface area (Å²) in [6, 6.07) is 2.81. The largest absolute Gasteiger partial charge is 0.490 e. The van der Waals surface area contributed by atoms with E-state index in [-0.39, 0.29) is 42.1 Å². The van der Waals surface area contributed by atoms with Crippen LogP contribution >= 0.6 is 0 Å². The minimum atomic E-state index is -1.02. The third-order valence-corrected chi connectivity index (χ3v) is 6.52. The van der Waals surface area contributed by atoms with Gasteiger partial charge in [-0.15, -0.1) is 0 Å². The molecule has 2 fully saturated rings. The molecule has 9 heteroatoms. The Morgan fingerprint density at radius 2 is 1.94 bits per heavy atom. The zero-order valence-corrected chi connectivity index (χ0v) is 19.5. The monoisotopic (exact) mass is 484 g/mol. The van der Waals surface area contributed by atoms with Gasteiger partial charge in [-0.05, 0) is 24.7 Å². The van der Waals surface area contributed by atoms with Gasteiger partial charge < -0.3 is 29.5 Å². The predicted molar refractivity (Wildman–Crippen MR) is 119 cm³/mol. The fourth-order valence-electron chi connectivity index (χ4n) is 4.74. The minimum absolute atomic E-state index is 0.0149. The molecule has 1 aliphatic carbocycles. The number of aliphatic carboxylic acids is 1. The zero-order valence-electron chi connectivity index (χ0n) is 19.5. The van der Waals surface area contributed by atoms with Crippen LogP contribution in [0.5, 0.6) is 5.75 Å². The van der Waals surface area contributed by atoms with E-state index in [2.05, 4.69) is 0 Å². The standard InChI is InChI=1S/C25H34F2O7/c1-14(2)24(25(30)31)34-12-15-3-5-21-20(22(29)10-23(21)33-11-15)6-4-18(28)13-32-19-8-16(26)7-17(27)9-19/h4,6-9,14-15,18,20-24,28-29H,3,5,10-13H2,1-2H3,(H,30,31)/b6-4+/t15-,18-,20-,21-,22-,23+,24?/m1/s1. The number of carboxylic acid groups (broad SMARTS) is 1. The van der Waals surface area contributed by atoms with Crippen LogP contribution in [0, 0.1) is 35.3 Å². The summed E-state index contributed by atoms with van der Waals surface area (Å²) < 4.78 is 43.5. The summed E-state index contributed by atoms with van der Waals surface area (Å²) in [5, 5.41) is 30.1. The molecule has 1 saturated carbocycles. The minimum Gasteiger partial charge on any atom is -0.490 e. The molecule has 7 nitrogen and oxygen atoms in total. The molecule has 0 radical (unpaired) electrons. The van der Waals surface area contributed by atoms with Gasteiger partial charge in [-0.25, -0.2) is 13.6 Å². The third-order valence-electron chi connectivity index (χ3n) is 6.52. The van der Waals surface area contributed by atoms with Crippen LogP contribution in [0.3, 0.4) is 0 Å². The van der Waals surface area contributed by atoms with Gasteiger partial charge in [0.25, 0.3) is 0 Å². The van der Waals surface area contributed by atoms with Crippen LogP contribution in [0.4, 0.5) is 8.78 Å². The first-order chi connectivity index (χ1) is 16.1. The molecule has 1 aromatic rings. The second-order valence-electron chi connectivity index (χ2n) is 9.56. The van der Waals surface area contributed by atoms with E-state index in [0.717, 1.165) is 31.0 Å². The highest BCUT2D eigenvalue weighted by Crippen LogP contribution is 2.41. The summed E-state index contributed by atoms with van der Waals surface area (Å²) in [6.07, 6.45) is 2.71. The van der Waals surface area contributed by atoms with E-state index in [1.807, 2.05) is 0 Å². The van der Waals surface area contributed by atoms with E-state index < -0.39 is 35.9 Å². The summed E-state index contributed by atoms with van der Waals surface area (Å²) >= 11 is 0. The van der Waals surface area contributed by atoms with E-state index in [0.29, 0.717) is 19.6 Å². The Morgan fingerprint density at radius 1 is 1.24 bits per heavy atom. The normalized spacial score (nSPS) is 29.1. The maximum atomic E-state index is 13.3. The quantitative estimate of drug-likeness (QED) is 0.438. The van der Waals surface area contributed by atoms with Gasteiger partial charge in [0.2, 0.25) is 0 Å². The van der Waals surface area contributed by atoms with Gasteiger partial charge in [0, 0.05) is 36.5 Å². The number of fused-ring (bicyclic) bond motifs is 1. The fraction of sp³-hybridized carbons (Fsp3) is 0.640. The number of aliphatic hydroxyl groups excluding tert-OH is 2. The van der Waals surface area contributed by atoms with Crippen molar-refractivity contribution in [3.8, 4) is 5.75 Å². The predicted octanol–water partition coefficient (Wildman–Crippen LogP) is 3.18. The Balaban J connectivity index is 1.52. The fourth-order valence-corrected chi connectivity index (χ4v) is 4.74. The lowest BCUT2D eigenvalue weighted by molar-refractivity contribution is -0.155. The Hall–Kier alpha value is -2.07. The SMILES string of the molecule is CC(C)C(OC[C@@H]1CC[C@@H]2[C@@H](/C=C/[C@@H](O)COc3cc(F)cc(F)c3)[C@H](O)C[C@@H]2OC1)C(=O)O. The Bertz CT molecular complexity index is 826. The molecule has 3 N–H and O–H groups in total. The zero-order chi connectivity index (χ0) is 24.8. The lowest BCUT2D eigenvalue weighted by Crippen LogP contribution is -2.32. The highest BCUT2D eigenvalue weighted by Gasteiger charge is 2.43. The van der Waals surface area contributed by atoms with E-state index in [1.165, 1.54) is 6.08 Å². The molecule has 190 valence electrons. The number of rotatable bonds is 10. The summed E-state index contributed by atoms with van der Waals surface area (Å²) in [4.78, 5) is 11.3. The van der Waals surface area contributed by atoms with Crippen LogP contribution in [0.25, 0.3) is 0 Å². The smallest absolute Gasteiger partial charge is 0.333 e. The molecule has 1 heterocycles.